The fourth-order valence-corrected chi connectivity index (χ4v) is 2.92. The number of hydrogen-bond donors (Lipinski definition) is 1. The van der Waals surface area contributed by atoms with Crippen molar-refractivity contribution in [2.45, 2.75) is 38.3 Å². The molecular formula is C15H16ClFN4O. The van der Waals surface area contributed by atoms with Crippen LogP contribution in [0.4, 0.5) is 4.39 Å². The highest BCUT2D eigenvalue weighted by molar-refractivity contribution is 6.31. The van der Waals surface area contributed by atoms with Crippen LogP contribution in [0.25, 0.3) is 0 Å². The molecule has 1 amide bonds. The maximum absolute atomic E-state index is 13.7. The summed E-state index contributed by atoms with van der Waals surface area (Å²) in [5, 5.41) is 11.2. The molecule has 7 heteroatoms. The highest BCUT2D eigenvalue weighted by Crippen LogP contribution is 2.20. The van der Waals surface area contributed by atoms with E-state index < -0.39 is 5.82 Å². The molecule has 0 spiro atoms. The smallest absolute Gasteiger partial charge is 0.224 e. The van der Waals surface area contributed by atoms with Crippen LogP contribution in [0.15, 0.2) is 24.5 Å². The van der Waals surface area contributed by atoms with E-state index in [0.29, 0.717) is 0 Å². The van der Waals surface area contributed by atoms with Crippen molar-refractivity contribution in [2.75, 3.05) is 0 Å². The fraction of sp³-hybridized carbons (Fsp3) is 0.400. The number of nitrogens with one attached hydrogen (secondary N) is 1. The standard InChI is InChI=1S/C15H16ClFN4O/c16-12-2-1-3-13(17)11(12)8-15(22)19-10-4-5-14-20-18-9-21(14)7-6-10/h1-3,9-10H,4-8H2,(H,19,22). The maximum atomic E-state index is 13.7. The van der Waals surface area contributed by atoms with Gasteiger partial charge < -0.3 is 9.88 Å². The van der Waals surface area contributed by atoms with E-state index >= 15 is 0 Å². The van der Waals surface area contributed by atoms with Crippen LogP contribution in [-0.2, 0) is 24.2 Å². The number of hydrogen-bond acceptors (Lipinski definition) is 3. The van der Waals surface area contributed by atoms with Crippen molar-refractivity contribution in [1.82, 2.24) is 20.1 Å². The molecule has 5 nitrogen and oxygen atoms in total. The summed E-state index contributed by atoms with van der Waals surface area (Å²) in [6, 6.07) is 4.48. The lowest BCUT2D eigenvalue weighted by molar-refractivity contribution is -0.121. The Morgan fingerprint density at radius 3 is 3.14 bits per heavy atom. The van der Waals surface area contributed by atoms with Crippen molar-refractivity contribution < 1.29 is 9.18 Å². The van der Waals surface area contributed by atoms with Crippen LogP contribution >= 0.6 is 11.6 Å². The van der Waals surface area contributed by atoms with Gasteiger partial charge in [0.1, 0.15) is 18.0 Å². The number of fused-ring (bicyclic) bond motifs is 1. The lowest BCUT2D eigenvalue weighted by atomic mass is 10.1. The van der Waals surface area contributed by atoms with Gasteiger partial charge in [0.25, 0.3) is 0 Å². The Labute approximate surface area is 132 Å². The maximum Gasteiger partial charge on any atom is 0.224 e. The summed E-state index contributed by atoms with van der Waals surface area (Å²) in [5.41, 5.74) is 0.243. The number of carbonyl (C=O) groups is 1. The van der Waals surface area contributed by atoms with Gasteiger partial charge in [-0.2, -0.15) is 0 Å². The van der Waals surface area contributed by atoms with Crippen LogP contribution in [0, 0.1) is 5.82 Å². The van der Waals surface area contributed by atoms with E-state index in [0.717, 1.165) is 31.6 Å². The Bertz CT molecular complexity index is 645. The van der Waals surface area contributed by atoms with E-state index in [1.54, 1.807) is 12.4 Å². The second kappa shape index (κ2) is 6.44. The summed E-state index contributed by atoms with van der Waals surface area (Å²) in [7, 11) is 0. The van der Waals surface area contributed by atoms with Crippen LogP contribution in [0.2, 0.25) is 5.02 Å². The number of halogens is 2. The van der Waals surface area contributed by atoms with E-state index in [-0.39, 0.29) is 29.0 Å². The molecule has 22 heavy (non-hydrogen) atoms. The Hall–Kier alpha value is -1.95. The third kappa shape index (κ3) is 3.27. The zero-order chi connectivity index (χ0) is 15.5. The molecule has 1 N–H and O–H groups in total. The number of rotatable bonds is 3. The van der Waals surface area contributed by atoms with Gasteiger partial charge in [0.2, 0.25) is 5.91 Å². The van der Waals surface area contributed by atoms with E-state index in [1.165, 1.54) is 12.1 Å². The second-order valence-corrected chi connectivity index (χ2v) is 5.82. The number of benzene rings is 1. The van der Waals surface area contributed by atoms with Gasteiger partial charge in [-0.25, -0.2) is 4.39 Å². The van der Waals surface area contributed by atoms with E-state index in [4.69, 9.17) is 11.6 Å². The minimum Gasteiger partial charge on any atom is -0.353 e. The molecule has 0 saturated carbocycles. The number of amides is 1. The average molecular weight is 323 g/mol. The van der Waals surface area contributed by atoms with Gasteiger partial charge in [0.15, 0.2) is 0 Å². The average Bonchev–Trinajstić information content (AvgIpc) is 2.86. The van der Waals surface area contributed by atoms with Gasteiger partial charge in [-0.05, 0) is 25.0 Å². The van der Waals surface area contributed by atoms with Crippen molar-refractivity contribution in [1.29, 1.82) is 0 Å². The van der Waals surface area contributed by atoms with Crippen LogP contribution < -0.4 is 5.32 Å². The summed E-state index contributed by atoms with van der Waals surface area (Å²) in [5.74, 6) is 0.276. The van der Waals surface area contributed by atoms with Gasteiger partial charge in [-0.15, -0.1) is 10.2 Å². The van der Waals surface area contributed by atoms with Crippen LogP contribution in [0.3, 0.4) is 0 Å². The first-order valence-corrected chi connectivity index (χ1v) is 7.60. The molecule has 116 valence electrons. The van der Waals surface area contributed by atoms with Gasteiger partial charge in [0.05, 0.1) is 6.42 Å². The van der Waals surface area contributed by atoms with Crippen LogP contribution in [0.1, 0.15) is 24.2 Å². The van der Waals surface area contributed by atoms with Crippen LogP contribution in [-0.4, -0.2) is 26.7 Å². The Morgan fingerprint density at radius 1 is 1.45 bits per heavy atom. The van der Waals surface area contributed by atoms with Gasteiger partial charge >= 0.3 is 0 Å². The lowest BCUT2D eigenvalue weighted by Gasteiger charge is -2.16. The van der Waals surface area contributed by atoms with E-state index in [2.05, 4.69) is 15.5 Å². The zero-order valence-electron chi connectivity index (χ0n) is 11.9. The molecule has 1 aromatic heterocycles. The third-order valence-electron chi connectivity index (χ3n) is 3.89. The number of nitrogens with zero attached hydrogens (tertiary/aromatic N) is 3. The number of aromatic nitrogens is 3. The first-order chi connectivity index (χ1) is 10.6. The normalized spacial score (nSPS) is 17.6. The van der Waals surface area contributed by atoms with E-state index in [1.807, 2.05) is 4.57 Å². The fourth-order valence-electron chi connectivity index (χ4n) is 2.69. The monoisotopic (exact) mass is 322 g/mol. The van der Waals surface area contributed by atoms with Crippen molar-refractivity contribution in [3.63, 3.8) is 0 Å². The summed E-state index contributed by atoms with van der Waals surface area (Å²) >= 11 is 5.95. The SMILES string of the molecule is O=C(Cc1c(F)cccc1Cl)NC1CCc2nncn2CC1. The summed E-state index contributed by atoms with van der Waals surface area (Å²) < 4.78 is 15.7. The molecule has 0 aliphatic carbocycles. The van der Waals surface area contributed by atoms with Crippen LogP contribution in [0.5, 0.6) is 0 Å². The Balaban J connectivity index is 1.59. The Morgan fingerprint density at radius 2 is 2.32 bits per heavy atom. The molecule has 3 rings (SSSR count). The molecule has 1 atom stereocenters. The largest absolute Gasteiger partial charge is 0.353 e. The quantitative estimate of drug-likeness (QED) is 0.941. The molecule has 0 bridgehead atoms. The molecule has 1 unspecified atom stereocenters. The molecule has 2 heterocycles. The first kappa shape index (κ1) is 15.0. The van der Waals surface area contributed by atoms with Gasteiger partial charge in [-0.1, -0.05) is 17.7 Å². The molecule has 0 radical (unpaired) electrons. The molecular weight excluding hydrogens is 307 g/mol. The number of carbonyl (C=O) groups excluding carboxylic acids is 1. The predicted molar refractivity (Wildman–Crippen MR) is 80.0 cm³/mol. The number of aryl methyl sites for hydroxylation is 2. The second-order valence-electron chi connectivity index (χ2n) is 5.41. The minimum absolute atomic E-state index is 0.0475. The van der Waals surface area contributed by atoms with Gasteiger partial charge in [-0.3, -0.25) is 4.79 Å². The summed E-state index contributed by atoms with van der Waals surface area (Å²) in [6.45, 7) is 0.772. The van der Waals surface area contributed by atoms with Crippen molar-refractivity contribution in [3.8, 4) is 0 Å². The van der Waals surface area contributed by atoms with Crippen molar-refractivity contribution in [2.24, 2.45) is 0 Å². The molecule has 0 saturated heterocycles. The summed E-state index contributed by atoms with van der Waals surface area (Å²) in [6.07, 6.45) is 4.04. The van der Waals surface area contributed by atoms with Crippen molar-refractivity contribution in [3.05, 3.63) is 46.8 Å². The predicted octanol–water partition coefficient (Wildman–Crippen LogP) is 2.13. The van der Waals surface area contributed by atoms with Crippen molar-refractivity contribution >= 4 is 17.5 Å². The molecule has 1 aromatic carbocycles. The summed E-state index contributed by atoms with van der Waals surface area (Å²) in [4.78, 5) is 12.1. The molecule has 0 fully saturated rings. The lowest BCUT2D eigenvalue weighted by Crippen LogP contribution is -2.36. The zero-order valence-corrected chi connectivity index (χ0v) is 12.7. The van der Waals surface area contributed by atoms with E-state index in [9.17, 15) is 9.18 Å². The molecule has 1 aliphatic rings. The highest BCUT2D eigenvalue weighted by atomic mass is 35.5. The first-order valence-electron chi connectivity index (χ1n) is 7.22. The third-order valence-corrected chi connectivity index (χ3v) is 4.25. The highest BCUT2D eigenvalue weighted by Gasteiger charge is 2.20. The topological polar surface area (TPSA) is 59.8 Å². The Kier molecular flexibility index (Phi) is 4.38. The molecule has 2 aromatic rings. The minimum atomic E-state index is -0.449. The van der Waals surface area contributed by atoms with Gasteiger partial charge in [0, 0.05) is 29.6 Å². The molecule has 1 aliphatic heterocycles.